The Labute approximate surface area is 89.1 Å². The molecule has 0 saturated carbocycles. The van der Waals surface area contributed by atoms with E-state index in [2.05, 4.69) is 13.2 Å². The van der Waals surface area contributed by atoms with Crippen molar-refractivity contribution in [3.05, 3.63) is 37.0 Å². The van der Waals surface area contributed by atoms with Gasteiger partial charge in [0, 0.05) is 10.7 Å². The van der Waals surface area contributed by atoms with Gasteiger partial charge in [0.2, 0.25) is 9.05 Å². The number of rotatable bonds is 7. The molecule has 14 heavy (non-hydrogen) atoms. The highest BCUT2D eigenvalue weighted by molar-refractivity contribution is 8.13. The molecule has 0 aromatic rings. The SMILES string of the molecule is C=C/C=C(\C=C)COCCS(=O)(=O)Cl. The van der Waals surface area contributed by atoms with Crippen LogP contribution in [0.15, 0.2) is 37.0 Å². The van der Waals surface area contributed by atoms with Crippen molar-refractivity contribution in [3.8, 4) is 0 Å². The van der Waals surface area contributed by atoms with Crippen molar-refractivity contribution in [2.75, 3.05) is 19.0 Å². The minimum atomic E-state index is -3.46. The average Bonchev–Trinajstić information content (AvgIpc) is 2.08. The van der Waals surface area contributed by atoms with Crippen molar-refractivity contribution in [2.24, 2.45) is 0 Å². The zero-order valence-electron chi connectivity index (χ0n) is 7.78. The van der Waals surface area contributed by atoms with E-state index in [1.807, 2.05) is 0 Å². The first-order valence-electron chi connectivity index (χ1n) is 3.93. The van der Waals surface area contributed by atoms with E-state index < -0.39 is 9.05 Å². The van der Waals surface area contributed by atoms with Gasteiger partial charge in [0.25, 0.3) is 0 Å². The summed E-state index contributed by atoms with van der Waals surface area (Å²) in [6.45, 7) is 7.47. The largest absolute Gasteiger partial charge is 0.376 e. The van der Waals surface area contributed by atoms with Crippen LogP contribution in [0.3, 0.4) is 0 Å². The predicted octanol–water partition coefficient (Wildman–Crippen LogP) is 1.87. The van der Waals surface area contributed by atoms with Crippen molar-refractivity contribution in [2.45, 2.75) is 0 Å². The molecule has 0 aliphatic carbocycles. The molecule has 0 heterocycles. The van der Waals surface area contributed by atoms with E-state index in [1.165, 1.54) is 0 Å². The van der Waals surface area contributed by atoms with Crippen LogP contribution in [0.1, 0.15) is 0 Å². The Kier molecular flexibility index (Phi) is 6.53. The summed E-state index contributed by atoms with van der Waals surface area (Å²) in [6.07, 6.45) is 4.97. The molecule has 0 saturated heterocycles. The van der Waals surface area contributed by atoms with Crippen molar-refractivity contribution in [1.29, 1.82) is 0 Å². The molecular formula is C9H13ClO3S. The number of ether oxygens (including phenoxy) is 1. The van der Waals surface area contributed by atoms with Crippen LogP contribution in [0.2, 0.25) is 0 Å². The summed E-state index contributed by atoms with van der Waals surface area (Å²) in [5.74, 6) is -0.187. The molecule has 0 amide bonds. The van der Waals surface area contributed by atoms with Crippen LogP contribution < -0.4 is 0 Å². The lowest BCUT2D eigenvalue weighted by atomic mass is 10.2. The van der Waals surface area contributed by atoms with E-state index in [1.54, 1.807) is 18.2 Å². The molecule has 0 fully saturated rings. The topological polar surface area (TPSA) is 43.4 Å². The second-order valence-corrected chi connectivity index (χ2v) is 5.37. The van der Waals surface area contributed by atoms with E-state index in [0.29, 0.717) is 6.61 Å². The fraction of sp³-hybridized carbons (Fsp3) is 0.333. The zero-order valence-corrected chi connectivity index (χ0v) is 9.35. The first kappa shape index (κ1) is 13.4. The van der Waals surface area contributed by atoms with Gasteiger partial charge in [0.15, 0.2) is 0 Å². The highest BCUT2D eigenvalue weighted by Gasteiger charge is 2.04. The first-order valence-corrected chi connectivity index (χ1v) is 6.41. The molecule has 3 nitrogen and oxygen atoms in total. The zero-order chi connectivity index (χ0) is 11.0. The summed E-state index contributed by atoms with van der Waals surface area (Å²) in [7, 11) is 1.53. The number of halogens is 1. The molecule has 0 unspecified atom stereocenters. The van der Waals surface area contributed by atoms with Crippen LogP contribution in [-0.2, 0) is 13.8 Å². The molecule has 0 bridgehead atoms. The van der Waals surface area contributed by atoms with E-state index in [4.69, 9.17) is 15.4 Å². The quantitative estimate of drug-likeness (QED) is 0.385. The molecule has 80 valence electrons. The highest BCUT2D eigenvalue weighted by Crippen LogP contribution is 1.99. The van der Waals surface area contributed by atoms with Gasteiger partial charge >= 0.3 is 0 Å². The normalized spacial score (nSPS) is 12.5. The van der Waals surface area contributed by atoms with Crippen LogP contribution in [0.4, 0.5) is 0 Å². The van der Waals surface area contributed by atoms with Gasteiger partial charge in [-0.15, -0.1) is 0 Å². The summed E-state index contributed by atoms with van der Waals surface area (Å²) in [5.41, 5.74) is 0.840. The van der Waals surface area contributed by atoms with Crippen molar-refractivity contribution >= 4 is 19.7 Å². The Hall–Kier alpha value is -0.580. The van der Waals surface area contributed by atoms with Crippen molar-refractivity contribution < 1.29 is 13.2 Å². The molecule has 0 spiro atoms. The first-order chi connectivity index (χ1) is 6.49. The highest BCUT2D eigenvalue weighted by atomic mass is 35.7. The van der Waals surface area contributed by atoms with E-state index in [0.717, 1.165) is 5.57 Å². The Balaban J connectivity index is 3.79. The molecule has 5 heteroatoms. The minimum Gasteiger partial charge on any atom is -0.376 e. The van der Waals surface area contributed by atoms with Crippen LogP contribution in [0.25, 0.3) is 0 Å². The summed E-state index contributed by atoms with van der Waals surface area (Å²) in [6, 6.07) is 0. The van der Waals surface area contributed by atoms with Gasteiger partial charge in [-0.2, -0.15) is 0 Å². The summed E-state index contributed by atoms with van der Waals surface area (Å²) in [5, 5.41) is 0. The second kappa shape index (κ2) is 6.81. The van der Waals surface area contributed by atoms with Gasteiger partial charge < -0.3 is 4.74 Å². The van der Waals surface area contributed by atoms with Gasteiger partial charge in [-0.25, -0.2) is 8.42 Å². The van der Waals surface area contributed by atoms with Crippen LogP contribution >= 0.6 is 10.7 Å². The van der Waals surface area contributed by atoms with E-state index in [-0.39, 0.29) is 12.4 Å². The molecule has 0 N–H and O–H groups in total. The fourth-order valence-corrected chi connectivity index (χ4v) is 1.18. The molecule has 0 atom stereocenters. The Bertz CT molecular complexity index is 317. The lowest BCUT2D eigenvalue weighted by Crippen LogP contribution is -2.07. The van der Waals surface area contributed by atoms with Crippen molar-refractivity contribution in [3.63, 3.8) is 0 Å². The lowest BCUT2D eigenvalue weighted by molar-refractivity contribution is 0.174. The molecule has 0 aliphatic heterocycles. The molecule has 0 radical (unpaired) electrons. The van der Waals surface area contributed by atoms with Crippen LogP contribution in [0.5, 0.6) is 0 Å². The number of hydrogen-bond donors (Lipinski definition) is 0. The standard InChI is InChI=1S/C9H13ClO3S/c1-3-5-9(4-2)8-13-6-7-14(10,11)12/h3-5H,1-2,6-8H2/b9-5+. The fourth-order valence-electron chi connectivity index (χ4n) is 0.675. The maximum absolute atomic E-state index is 10.5. The number of allylic oxidation sites excluding steroid dienone is 2. The van der Waals surface area contributed by atoms with Crippen LogP contribution in [-0.4, -0.2) is 27.4 Å². The van der Waals surface area contributed by atoms with Gasteiger partial charge in [-0.1, -0.05) is 31.4 Å². The maximum Gasteiger partial charge on any atom is 0.234 e. The van der Waals surface area contributed by atoms with Gasteiger partial charge in [0.05, 0.1) is 19.0 Å². The minimum absolute atomic E-state index is 0.0775. The lowest BCUT2D eigenvalue weighted by Gasteiger charge is -2.02. The summed E-state index contributed by atoms with van der Waals surface area (Å²) < 4.78 is 26.1. The van der Waals surface area contributed by atoms with E-state index >= 15 is 0 Å². The Morgan fingerprint density at radius 1 is 1.43 bits per heavy atom. The number of hydrogen-bond acceptors (Lipinski definition) is 3. The monoisotopic (exact) mass is 236 g/mol. The predicted molar refractivity (Wildman–Crippen MR) is 58.9 cm³/mol. The van der Waals surface area contributed by atoms with Gasteiger partial charge in [0.1, 0.15) is 0 Å². The smallest absolute Gasteiger partial charge is 0.234 e. The third-order valence-electron chi connectivity index (χ3n) is 1.33. The van der Waals surface area contributed by atoms with Crippen molar-refractivity contribution in [1.82, 2.24) is 0 Å². The Morgan fingerprint density at radius 2 is 2.07 bits per heavy atom. The molecular weight excluding hydrogens is 224 g/mol. The molecule has 0 aliphatic rings. The van der Waals surface area contributed by atoms with Gasteiger partial charge in [-0.05, 0) is 5.57 Å². The van der Waals surface area contributed by atoms with E-state index in [9.17, 15) is 8.42 Å². The van der Waals surface area contributed by atoms with Crippen LogP contribution in [0, 0.1) is 0 Å². The second-order valence-electron chi connectivity index (χ2n) is 2.48. The maximum atomic E-state index is 10.5. The summed E-state index contributed by atoms with van der Waals surface area (Å²) >= 11 is 0. The Morgan fingerprint density at radius 3 is 2.50 bits per heavy atom. The summed E-state index contributed by atoms with van der Waals surface area (Å²) in [4.78, 5) is 0. The van der Waals surface area contributed by atoms with Gasteiger partial charge in [-0.3, -0.25) is 0 Å². The average molecular weight is 237 g/mol. The molecule has 0 rings (SSSR count). The third kappa shape index (κ3) is 8.04. The third-order valence-corrected chi connectivity index (χ3v) is 2.45. The molecule has 0 aromatic carbocycles. The molecule has 0 aromatic heterocycles.